The summed E-state index contributed by atoms with van der Waals surface area (Å²) in [6.07, 6.45) is 7.29. The number of halogens is 1. The highest BCUT2D eigenvalue weighted by atomic mass is 35.5. The first kappa shape index (κ1) is 16.3. The number of nitrogens with zero attached hydrogens (tertiary/aromatic N) is 5. The van der Waals surface area contributed by atoms with Gasteiger partial charge in [0.1, 0.15) is 5.15 Å². The lowest BCUT2D eigenvalue weighted by Gasteiger charge is -2.35. The van der Waals surface area contributed by atoms with Crippen molar-refractivity contribution in [1.29, 1.82) is 0 Å². The number of fused-ring (bicyclic) bond motifs is 1. The molecule has 3 aromatic rings. The first-order valence-electron chi connectivity index (χ1n) is 8.55. The third-order valence-electron chi connectivity index (χ3n) is 4.89. The molecule has 4 rings (SSSR count). The maximum absolute atomic E-state index is 6.53. The molecule has 130 valence electrons. The van der Waals surface area contributed by atoms with Crippen molar-refractivity contribution in [2.24, 2.45) is 7.05 Å². The van der Waals surface area contributed by atoms with E-state index >= 15 is 0 Å². The molecule has 0 unspecified atom stereocenters. The number of hydrogen-bond acceptors (Lipinski definition) is 4. The van der Waals surface area contributed by atoms with Gasteiger partial charge in [-0.1, -0.05) is 18.5 Å². The molecule has 0 saturated carbocycles. The van der Waals surface area contributed by atoms with Crippen molar-refractivity contribution in [2.45, 2.75) is 32.4 Å². The van der Waals surface area contributed by atoms with E-state index in [2.05, 4.69) is 44.0 Å². The van der Waals surface area contributed by atoms with Gasteiger partial charge >= 0.3 is 0 Å². The van der Waals surface area contributed by atoms with Gasteiger partial charge in [0.05, 0.1) is 23.8 Å². The number of nitrogens with one attached hydrogen (secondary N) is 1. The van der Waals surface area contributed by atoms with Gasteiger partial charge in [-0.3, -0.25) is 14.6 Å². The van der Waals surface area contributed by atoms with Crippen LogP contribution in [0, 0.1) is 0 Å². The Morgan fingerprint density at radius 1 is 1.32 bits per heavy atom. The second kappa shape index (κ2) is 6.61. The summed E-state index contributed by atoms with van der Waals surface area (Å²) in [5.74, 6) is 0. The number of rotatable bonds is 4. The molecule has 1 atom stereocenters. The molecule has 1 aliphatic heterocycles. The molecule has 3 aromatic heterocycles. The molecule has 0 aliphatic carbocycles. The van der Waals surface area contributed by atoms with Crippen LogP contribution in [-0.2, 0) is 26.4 Å². The fourth-order valence-electron chi connectivity index (χ4n) is 3.65. The molecule has 4 heterocycles. The van der Waals surface area contributed by atoms with Crippen LogP contribution in [0.3, 0.4) is 0 Å². The van der Waals surface area contributed by atoms with Crippen LogP contribution in [0.2, 0.25) is 5.15 Å². The van der Waals surface area contributed by atoms with Gasteiger partial charge in [0.2, 0.25) is 0 Å². The van der Waals surface area contributed by atoms with Crippen LogP contribution in [0.25, 0.3) is 0 Å². The molecule has 6 nitrogen and oxygen atoms in total. The number of aryl methyl sites for hydroxylation is 2. The highest BCUT2D eigenvalue weighted by Gasteiger charge is 2.32. The summed E-state index contributed by atoms with van der Waals surface area (Å²) in [4.78, 5) is 14.5. The molecule has 0 spiro atoms. The van der Waals surface area contributed by atoms with E-state index in [9.17, 15) is 0 Å². The first-order chi connectivity index (χ1) is 12.2. The highest BCUT2D eigenvalue weighted by Crippen LogP contribution is 2.35. The smallest absolute Gasteiger partial charge is 0.131 e. The van der Waals surface area contributed by atoms with Crippen molar-refractivity contribution in [3.63, 3.8) is 0 Å². The zero-order valence-corrected chi connectivity index (χ0v) is 15.2. The lowest BCUT2D eigenvalue weighted by atomic mass is 9.95. The van der Waals surface area contributed by atoms with Gasteiger partial charge in [-0.2, -0.15) is 5.10 Å². The van der Waals surface area contributed by atoms with Gasteiger partial charge < -0.3 is 4.98 Å². The highest BCUT2D eigenvalue weighted by molar-refractivity contribution is 6.30. The second-order valence-electron chi connectivity index (χ2n) is 6.36. The topological polar surface area (TPSA) is 62.6 Å². The largest absolute Gasteiger partial charge is 0.348 e. The molecule has 0 aromatic carbocycles. The van der Waals surface area contributed by atoms with E-state index in [1.807, 2.05) is 19.4 Å². The summed E-state index contributed by atoms with van der Waals surface area (Å²) in [6, 6.07) is 4.22. The summed E-state index contributed by atoms with van der Waals surface area (Å²) in [5.41, 5.74) is 5.68. The van der Waals surface area contributed by atoms with E-state index in [0.29, 0.717) is 0 Å². The minimum atomic E-state index is 0.0963. The summed E-state index contributed by atoms with van der Waals surface area (Å²) in [6.45, 7) is 3.82. The Bertz CT molecular complexity index is 869. The van der Waals surface area contributed by atoms with Gasteiger partial charge in [0, 0.05) is 50.2 Å². The van der Waals surface area contributed by atoms with Crippen LogP contribution in [0.1, 0.15) is 41.2 Å². The summed E-state index contributed by atoms with van der Waals surface area (Å²) in [5, 5.41) is 5.27. The van der Waals surface area contributed by atoms with E-state index < -0.39 is 0 Å². The maximum atomic E-state index is 6.53. The lowest BCUT2D eigenvalue weighted by Crippen LogP contribution is -2.36. The minimum Gasteiger partial charge on any atom is -0.348 e. The summed E-state index contributed by atoms with van der Waals surface area (Å²) in [7, 11) is 1.90. The number of hydrogen-bond donors (Lipinski definition) is 1. The second-order valence-corrected chi connectivity index (χ2v) is 6.72. The van der Waals surface area contributed by atoms with Gasteiger partial charge in [-0.15, -0.1) is 0 Å². The maximum Gasteiger partial charge on any atom is 0.131 e. The average molecular weight is 357 g/mol. The van der Waals surface area contributed by atoms with E-state index in [-0.39, 0.29) is 6.04 Å². The molecule has 1 aliphatic rings. The van der Waals surface area contributed by atoms with Crippen LogP contribution < -0.4 is 0 Å². The van der Waals surface area contributed by atoms with Crippen molar-refractivity contribution in [1.82, 2.24) is 29.6 Å². The van der Waals surface area contributed by atoms with Crippen molar-refractivity contribution < 1.29 is 0 Å². The molecule has 0 amide bonds. The van der Waals surface area contributed by atoms with E-state index in [1.165, 1.54) is 11.3 Å². The number of H-pyrrole nitrogens is 1. The Kier molecular flexibility index (Phi) is 4.31. The molecule has 0 saturated heterocycles. The molecular formula is C18H21ClN6. The normalized spacial score (nSPS) is 17.6. The van der Waals surface area contributed by atoms with E-state index in [1.54, 1.807) is 11.0 Å². The quantitative estimate of drug-likeness (QED) is 0.780. The predicted molar refractivity (Wildman–Crippen MR) is 96.4 cm³/mol. The molecule has 7 heteroatoms. The number of pyridine rings is 1. The van der Waals surface area contributed by atoms with Crippen molar-refractivity contribution >= 4 is 11.6 Å². The molecule has 1 N–H and O–H groups in total. The lowest BCUT2D eigenvalue weighted by molar-refractivity contribution is 0.199. The van der Waals surface area contributed by atoms with Crippen LogP contribution in [0.4, 0.5) is 0 Å². The van der Waals surface area contributed by atoms with Crippen molar-refractivity contribution in [2.75, 3.05) is 6.54 Å². The SMILES string of the molecule is CCc1nn(C)c(Cl)c1CN1CCc2[nH]cnc2[C@@H]1c1ccncc1. The first-order valence-corrected chi connectivity index (χ1v) is 8.93. The summed E-state index contributed by atoms with van der Waals surface area (Å²) < 4.78 is 1.76. The molecule has 25 heavy (non-hydrogen) atoms. The van der Waals surface area contributed by atoms with Crippen molar-refractivity contribution in [3.8, 4) is 0 Å². The van der Waals surface area contributed by atoms with Gasteiger partial charge in [0.25, 0.3) is 0 Å². The Morgan fingerprint density at radius 3 is 2.88 bits per heavy atom. The fraction of sp³-hybridized carbons (Fsp3) is 0.389. The van der Waals surface area contributed by atoms with Crippen LogP contribution >= 0.6 is 11.6 Å². The van der Waals surface area contributed by atoms with Crippen molar-refractivity contribution in [3.05, 3.63) is 64.2 Å². The molecule has 0 bridgehead atoms. The van der Waals surface area contributed by atoms with E-state index in [4.69, 9.17) is 11.6 Å². The monoisotopic (exact) mass is 356 g/mol. The third kappa shape index (κ3) is 2.85. The Balaban J connectivity index is 1.74. The Morgan fingerprint density at radius 2 is 2.12 bits per heavy atom. The molecule has 0 fully saturated rings. The summed E-state index contributed by atoms with van der Waals surface area (Å²) >= 11 is 6.53. The standard InChI is InChI=1S/C18H21ClN6/c1-3-14-13(18(19)24(2)23-14)10-25-9-6-15-16(22-11-21-15)17(25)12-4-7-20-8-5-12/h4-5,7-8,11,17H,3,6,9-10H2,1-2H3,(H,21,22)/t17-/m0/s1. The van der Waals surface area contributed by atoms with Gasteiger partial charge in [0.15, 0.2) is 0 Å². The zero-order valence-electron chi connectivity index (χ0n) is 14.4. The number of imidazole rings is 1. The number of aromatic amines is 1. The third-order valence-corrected chi connectivity index (χ3v) is 5.37. The molecular weight excluding hydrogens is 336 g/mol. The zero-order chi connectivity index (χ0) is 17.4. The predicted octanol–water partition coefficient (Wildman–Crippen LogP) is 2.90. The number of aromatic nitrogens is 5. The minimum absolute atomic E-state index is 0.0963. The molecule has 0 radical (unpaired) electrons. The van der Waals surface area contributed by atoms with Crippen LogP contribution in [0.5, 0.6) is 0 Å². The van der Waals surface area contributed by atoms with E-state index in [0.717, 1.165) is 48.0 Å². The van der Waals surface area contributed by atoms with Crippen LogP contribution in [0.15, 0.2) is 30.9 Å². The van der Waals surface area contributed by atoms with Gasteiger partial charge in [-0.05, 0) is 24.1 Å². The Hall–Kier alpha value is -2.18. The fourth-order valence-corrected chi connectivity index (χ4v) is 3.86. The average Bonchev–Trinajstić information content (AvgIpc) is 3.22. The van der Waals surface area contributed by atoms with Crippen LogP contribution in [-0.4, -0.2) is 36.2 Å². The Labute approximate surface area is 151 Å². The van der Waals surface area contributed by atoms with Gasteiger partial charge in [-0.25, -0.2) is 4.98 Å².